The van der Waals surface area contributed by atoms with Crippen molar-refractivity contribution >= 4 is 0 Å². The second kappa shape index (κ2) is 5.48. The Kier molecular flexibility index (Phi) is 3.99. The Balaban J connectivity index is 1.78. The third-order valence-corrected chi connectivity index (χ3v) is 3.96. The van der Waals surface area contributed by atoms with Crippen LogP contribution in [0.3, 0.4) is 0 Å². The van der Waals surface area contributed by atoms with E-state index in [-0.39, 0.29) is 0 Å². The van der Waals surface area contributed by atoms with Crippen LogP contribution in [0.25, 0.3) is 0 Å². The predicted octanol–water partition coefficient (Wildman–Crippen LogP) is 2.89. The van der Waals surface area contributed by atoms with Gasteiger partial charge in [-0.05, 0) is 37.8 Å². The fourth-order valence-electron chi connectivity index (χ4n) is 2.64. The highest BCUT2D eigenvalue weighted by Gasteiger charge is 2.21. The van der Waals surface area contributed by atoms with Gasteiger partial charge in [0.15, 0.2) is 0 Å². The third kappa shape index (κ3) is 2.85. The summed E-state index contributed by atoms with van der Waals surface area (Å²) in [7, 11) is 0. The Morgan fingerprint density at radius 2 is 2.31 bits per heavy atom. The Hall–Kier alpha value is -0.830. The highest BCUT2D eigenvalue weighted by molar-refractivity contribution is 5.02. The molecule has 3 heteroatoms. The summed E-state index contributed by atoms with van der Waals surface area (Å²) in [5, 5.41) is 10.6. The van der Waals surface area contributed by atoms with E-state index in [1.807, 2.05) is 12.3 Å². The number of rotatable bonds is 4. The molecule has 1 heterocycles. The van der Waals surface area contributed by atoms with Crippen LogP contribution in [-0.4, -0.2) is 16.7 Å². The second-order valence-corrected chi connectivity index (χ2v) is 5.16. The maximum atomic E-state index is 3.99. The first kappa shape index (κ1) is 11.6. The maximum absolute atomic E-state index is 3.99. The summed E-state index contributed by atoms with van der Waals surface area (Å²) >= 11 is 0. The van der Waals surface area contributed by atoms with E-state index in [0.29, 0.717) is 6.04 Å². The average Bonchev–Trinajstić information content (AvgIpc) is 2.81. The van der Waals surface area contributed by atoms with Gasteiger partial charge >= 0.3 is 0 Å². The number of aromatic amines is 1. The monoisotopic (exact) mass is 221 g/mol. The molecule has 0 spiro atoms. The highest BCUT2D eigenvalue weighted by Crippen LogP contribution is 2.29. The molecule has 0 saturated heterocycles. The summed E-state index contributed by atoms with van der Waals surface area (Å²) in [6.07, 6.45) is 7.45. The smallest absolute Gasteiger partial charge is 0.0518 e. The molecule has 16 heavy (non-hydrogen) atoms. The SMILES string of the molecule is CC(NCC1CCCCC1C)c1ccn[nH]1. The van der Waals surface area contributed by atoms with Crippen molar-refractivity contribution < 1.29 is 0 Å². The second-order valence-electron chi connectivity index (χ2n) is 5.16. The zero-order valence-corrected chi connectivity index (χ0v) is 10.4. The van der Waals surface area contributed by atoms with Crippen molar-refractivity contribution in [2.24, 2.45) is 11.8 Å². The Morgan fingerprint density at radius 3 is 3.00 bits per heavy atom. The van der Waals surface area contributed by atoms with Gasteiger partial charge in [0, 0.05) is 12.2 Å². The van der Waals surface area contributed by atoms with Crippen LogP contribution in [0.15, 0.2) is 12.3 Å². The molecule has 1 aromatic heterocycles. The van der Waals surface area contributed by atoms with E-state index in [1.165, 1.54) is 31.4 Å². The van der Waals surface area contributed by atoms with Gasteiger partial charge in [-0.1, -0.05) is 26.2 Å². The molecule has 1 aliphatic carbocycles. The molecule has 0 aliphatic heterocycles. The fraction of sp³-hybridized carbons (Fsp3) is 0.769. The van der Waals surface area contributed by atoms with Gasteiger partial charge in [0.2, 0.25) is 0 Å². The maximum Gasteiger partial charge on any atom is 0.0518 e. The molecule has 0 amide bonds. The van der Waals surface area contributed by atoms with E-state index in [9.17, 15) is 0 Å². The molecule has 2 rings (SSSR count). The van der Waals surface area contributed by atoms with Gasteiger partial charge in [-0.3, -0.25) is 5.10 Å². The van der Waals surface area contributed by atoms with Crippen LogP contribution in [0, 0.1) is 11.8 Å². The van der Waals surface area contributed by atoms with Crippen LogP contribution in [0.4, 0.5) is 0 Å². The average molecular weight is 221 g/mol. The van der Waals surface area contributed by atoms with Gasteiger partial charge in [0.1, 0.15) is 0 Å². The minimum Gasteiger partial charge on any atom is -0.309 e. The zero-order chi connectivity index (χ0) is 11.4. The minimum absolute atomic E-state index is 0.386. The lowest BCUT2D eigenvalue weighted by molar-refractivity contribution is 0.242. The number of nitrogens with one attached hydrogen (secondary N) is 2. The lowest BCUT2D eigenvalue weighted by atomic mass is 9.80. The van der Waals surface area contributed by atoms with E-state index in [2.05, 4.69) is 29.4 Å². The number of hydrogen-bond donors (Lipinski definition) is 2. The van der Waals surface area contributed by atoms with Crippen molar-refractivity contribution in [2.75, 3.05) is 6.54 Å². The first-order chi connectivity index (χ1) is 7.77. The molecule has 2 N–H and O–H groups in total. The van der Waals surface area contributed by atoms with Gasteiger partial charge in [-0.25, -0.2) is 0 Å². The van der Waals surface area contributed by atoms with Crippen molar-refractivity contribution in [3.05, 3.63) is 18.0 Å². The Morgan fingerprint density at radius 1 is 1.50 bits per heavy atom. The van der Waals surface area contributed by atoms with Crippen LogP contribution >= 0.6 is 0 Å². The number of aromatic nitrogens is 2. The summed E-state index contributed by atoms with van der Waals surface area (Å²) in [5.41, 5.74) is 1.18. The summed E-state index contributed by atoms with van der Waals surface area (Å²) in [4.78, 5) is 0. The third-order valence-electron chi connectivity index (χ3n) is 3.96. The molecule has 0 radical (unpaired) electrons. The first-order valence-electron chi connectivity index (χ1n) is 6.50. The van der Waals surface area contributed by atoms with Crippen molar-refractivity contribution in [3.8, 4) is 0 Å². The normalized spacial score (nSPS) is 27.9. The Labute approximate surface area is 98.0 Å². The van der Waals surface area contributed by atoms with E-state index in [1.54, 1.807) is 0 Å². The van der Waals surface area contributed by atoms with E-state index >= 15 is 0 Å². The lowest BCUT2D eigenvalue weighted by Gasteiger charge is -2.29. The minimum atomic E-state index is 0.386. The molecule has 3 atom stereocenters. The highest BCUT2D eigenvalue weighted by atomic mass is 15.1. The van der Waals surface area contributed by atoms with Gasteiger partial charge in [-0.15, -0.1) is 0 Å². The van der Waals surface area contributed by atoms with Gasteiger partial charge in [0.25, 0.3) is 0 Å². The molecule has 1 aliphatic rings. The summed E-state index contributed by atoms with van der Waals surface area (Å²) in [5.74, 6) is 1.74. The number of nitrogens with zero attached hydrogens (tertiary/aromatic N) is 1. The van der Waals surface area contributed by atoms with E-state index in [0.717, 1.165) is 18.4 Å². The van der Waals surface area contributed by atoms with Crippen molar-refractivity contribution in [3.63, 3.8) is 0 Å². The summed E-state index contributed by atoms with van der Waals surface area (Å²) in [6.45, 7) is 5.73. The molecule has 0 aromatic carbocycles. The fourth-order valence-corrected chi connectivity index (χ4v) is 2.64. The van der Waals surface area contributed by atoms with E-state index < -0.39 is 0 Å². The van der Waals surface area contributed by atoms with Crippen molar-refractivity contribution in [1.29, 1.82) is 0 Å². The van der Waals surface area contributed by atoms with Crippen LogP contribution in [-0.2, 0) is 0 Å². The Bertz CT molecular complexity index is 294. The molecular formula is C13H23N3. The quantitative estimate of drug-likeness (QED) is 0.820. The van der Waals surface area contributed by atoms with Crippen LogP contribution in [0.2, 0.25) is 0 Å². The zero-order valence-electron chi connectivity index (χ0n) is 10.4. The predicted molar refractivity (Wildman–Crippen MR) is 66.1 cm³/mol. The molecule has 3 nitrogen and oxygen atoms in total. The standard InChI is InChI=1S/C13H23N3/c1-10-5-3-4-6-12(10)9-14-11(2)13-7-8-15-16-13/h7-8,10-12,14H,3-6,9H2,1-2H3,(H,15,16). The van der Waals surface area contributed by atoms with Crippen LogP contribution in [0.1, 0.15) is 51.3 Å². The van der Waals surface area contributed by atoms with Gasteiger partial charge in [0.05, 0.1) is 5.69 Å². The number of H-pyrrole nitrogens is 1. The molecule has 3 unspecified atom stereocenters. The van der Waals surface area contributed by atoms with Gasteiger partial charge in [-0.2, -0.15) is 5.10 Å². The molecule has 90 valence electrons. The van der Waals surface area contributed by atoms with E-state index in [4.69, 9.17) is 0 Å². The number of hydrogen-bond acceptors (Lipinski definition) is 2. The molecule has 0 bridgehead atoms. The molecule has 1 fully saturated rings. The molecule has 1 saturated carbocycles. The largest absolute Gasteiger partial charge is 0.309 e. The lowest BCUT2D eigenvalue weighted by Crippen LogP contribution is -2.31. The van der Waals surface area contributed by atoms with Crippen molar-refractivity contribution in [2.45, 2.75) is 45.6 Å². The summed E-state index contributed by atoms with van der Waals surface area (Å²) in [6, 6.07) is 2.43. The topological polar surface area (TPSA) is 40.7 Å². The van der Waals surface area contributed by atoms with Crippen LogP contribution in [0.5, 0.6) is 0 Å². The summed E-state index contributed by atoms with van der Waals surface area (Å²) < 4.78 is 0. The van der Waals surface area contributed by atoms with Gasteiger partial charge < -0.3 is 5.32 Å². The first-order valence-corrected chi connectivity index (χ1v) is 6.50. The van der Waals surface area contributed by atoms with Crippen LogP contribution < -0.4 is 5.32 Å². The molecule has 1 aromatic rings. The molecular weight excluding hydrogens is 198 g/mol. The van der Waals surface area contributed by atoms with Crippen molar-refractivity contribution in [1.82, 2.24) is 15.5 Å².